The van der Waals surface area contributed by atoms with Gasteiger partial charge in [-0.3, -0.25) is 15.1 Å². The first-order valence-corrected chi connectivity index (χ1v) is 8.13. The van der Waals surface area contributed by atoms with Crippen LogP contribution in [0.1, 0.15) is 20.8 Å². The highest BCUT2D eigenvalue weighted by molar-refractivity contribution is 6.31. The smallest absolute Gasteiger partial charge is 0.412 e. The second-order valence-electron chi connectivity index (χ2n) is 6.68. The molecule has 0 bridgehead atoms. The first kappa shape index (κ1) is 17.2. The summed E-state index contributed by atoms with van der Waals surface area (Å²) in [7, 11) is 0. The molecular formula is C19H17ClN2O3. The molecule has 2 aromatic carbocycles. The van der Waals surface area contributed by atoms with E-state index in [1.54, 1.807) is 51.1 Å². The Hall–Kier alpha value is -2.66. The summed E-state index contributed by atoms with van der Waals surface area (Å²) in [5, 5.41) is 4.68. The van der Waals surface area contributed by atoms with Crippen molar-refractivity contribution < 1.29 is 9.53 Å². The van der Waals surface area contributed by atoms with E-state index in [1.165, 1.54) is 6.20 Å². The van der Waals surface area contributed by atoms with Gasteiger partial charge in [0, 0.05) is 22.7 Å². The van der Waals surface area contributed by atoms with Gasteiger partial charge in [-0.1, -0.05) is 23.7 Å². The number of pyridine rings is 1. The lowest BCUT2D eigenvalue weighted by molar-refractivity contribution is 0.0636. The number of fused-ring (bicyclic) bond motifs is 2. The molecule has 25 heavy (non-hydrogen) atoms. The van der Waals surface area contributed by atoms with Gasteiger partial charge >= 0.3 is 6.09 Å². The Morgan fingerprint density at radius 3 is 2.56 bits per heavy atom. The molecule has 1 heterocycles. The van der Waals surface area contributed by atoms with Crippen molar-refractivity contribution in [3.05, 3.63) is 57.8 Å². The van der Waals surface area contributed by atoms with Gasteiger partial charge in [0.2, 0.25) is 0 Å². The molecule has 0 aliphatic heterocycles. The van der Waals surface area contributed by atoms with Gasteiger partial charge < -0.3 is 4.74 Å². The average molecular weight is 357 g/mol. The Labute approximate surface area is 149 Å². The fourth-order valence-corrected chi connectivity index (χ4v) is 2.63. The normalized spacial score (nSPS) is 11.5. The molecule has 0 atom stereocenters. The summed E-state index contributed by atoms with van der Waals surface area (Å²) in [4.78, 5) is 29.0. The summed E-state index contributed by atoms with van der Waals surface area (Å²) in [6.45, 7) is 5.35. The number of benzene rings is 1. The van der Waals surface area contributed by atoms with E-state index in [1.807, 2.05) is 6.07 Å². The molecule has 5 nitrogen and oxygen atoms in total. The minimum absolute atomic E-state index is 0.196. The summed E-state index contributed by atoms with van der Waals surface area (Å²) in [5.74, 6) is 0. The number of rotatable bonds is 1. The largest absolute Gasteiger partial charge is 0.444 e. The molecule has 1 N–H and O–H groups in total. The van der Waals surface area contributed by atoms with Crippen LogP contribution in [-0.2, 0) is 4.74 Å². The fraction of sp³-hybridized carbons (Fsp3) is 0.211. The molecule has 0 spiro atoms. The first-order chi connectivity index (χ1) is 11.7. The van der Waals surface area contributed by atoms with E-state index in [4.69, 9.17) is 16.3 Å². The summed E-state index contributed by atoms with van der Waals surface area (Å²) in [5.41, 5.74) is 0.244. The first-order valence-electron chi connectivity index (χ1n) is 7.75. The van der Waals surface area contributed by atoms with Crippen molar-refractivity contribution in [2.75, 3.05) is 5.32 Å². The van der Waals surface area contributed by atoms with Gasteiger partial charge in [0.1, 0.15) is 5.60 Å². The lowest BCUT2D eigenvalue weighted by Gasteiger charge is -2.19. The number of carbonyl (C=O) groups is 1. The molecule has 3 rings (SSSR count). The molecule has 0 unspecified atom stereocenters. The van der Waals surface area contributed by atoms with Crippen LogP contribution >= 0.6 is 11.6 Å². The highest BCUT2D eigenvalue weighted by atomic mass is 35.5. The van der Waals surface area contributed by atoms with Crippen LogP contribution < -0.4 is 10.7 Å². The molecule has 1 amide bonds. The van der Waals surface area contributed by atoms with Crippen molar-refractivity contribution >= 4 is 45.1 Å². The lowest BCUT2D eigenvalue weighted by atomic mass is 10.1. The van der Waals surface area contributed by atoms with Crippen molar-refractivity contribution in [1.82, 2.24) is 4.98 Å². The van der Waals surface area contributed by atoms with E-state index in [2.05, 4.69) is 10.3 Å². The number of halogens is 1. The highest BCUT2D eigenvalue weighted by Crippen LogP contribution is 2.20. The van der Waals surface area contributed by atoms with E-state index >= 15 is 0 Å². The number of nitrogens with zero attached hydrogens (tertiary/aromatic N) is 1. The number of nitrogens with one attached hydrogen (secondary N) is 1. The van der Waals surface area contributed by atoms with Gasteiger partial charge in [0.15, 0.2) is 5.43 Å². The minimum atomic E-state index is -0.602. The number of anilines is 1. The molecule has 0 aliphatic rings. The third kappa shape index (κ3) is 3.88. The van der Waals surface area contributed by atoms with E-state index in [0.717, 1.165) is 5.39 Å². The molecule has 0 fully saturated rings. The molecule has 6 heteroatoms. The molecule has 0 aliphatic carbocycles. The average Bonchev–Trinajstić information content (AvgIpc) is 2.63. The zero-order valence-electron chi connectivity index (χ0n) is 14.1. The van der Waals surface area contributed by atoms with Gasteiger partial charge in [-0.25, -0.2) is 4.79 Å². The van der Waals surface area contributed by atoms with E-state index in [9.17, 15) is 9.59 Å². The van der Waals surface area contributed by atoms with Crippen LogP contribution in [0.15, 0.2) is 47.4 Å². The SMILES string of the molecule is CC(C)(C)OC(=O)Nc1ccc2ccc3ncc(Cl)cc3c(=O)c2c1. The molecule has 128 valence electrons. The van der Waals surface area contributed by atoms with Crippen LogP contribution in [-0.4, -0.2) is 16.7 Å². The summed E-state index contributed by atoms with van der Waals surface area (Å²) in [6.07, 6.45) is 0.929. The van der Waals surface area contributed by atoms with Crippen LogP contribution in [0.4, 0.5) is 10.5 Å². The van der Waals surface area contributed by atoms with Gasteiger partial charge in [-0.05, 0) is 50.4 Å². The summed E-state index contributed by atoms with van der Waals surface area (Å²) in [6, 6.07) is 10.3. The second kappa shape index (κ2) is 6.33. The van der Waals surface area contributed by atoms with Gasteiger partial charge in [0.25, 0.3) is 0 Å². The topological polar surface area (TPSA) is 68.3 Å². The van der Waals surface area contributed by atoms with Gasteiger partial charge in [-0.2, -0.15) is 0 Å². The monoisotopic (exact) mass is 356 g/mol. The molecule has 0 radical (unpaired) electrons. The third-order valence-electron chi connectivity index (χ3n) is 3.49. The zero-order valence-corrected chi connectivity index (χ0v) is 14.8. The predicted molar refractivity (Wildman–Crippen MR) is 100 cm³/mol. The Morgan fingerprint density at radius 2 is 1.84 bits per heavy atom. The minimum Gasteiger partial charge on any atom is -0.444 e. The second-order valence-corrected chi connectivity index (χ2v) is 7.11. The molecule has 1 aromatic heterocycles. The number of hydrogen-bond donors (Lipinski definition) is 1. The number of ether oxygens (including phenoxy) is 1. The standard InChI is InChI=1S/C19H17ClN2O3/c1-19(2,3)25-18(24)22-13-6-4-11-5-7-16-15(8-12(20)10-21-16)17(23)14(11)9-13/h4-10H,1-3H3,(H,22,24). The lowest BCUT2D eigenvalue weighted by Crippen LogP contribution is -2.27. The van der Waals surface area contributed by atoms with Crippen LogP contribution in [0.2, 0.25) is 5.02 Å². The quantitative estimate of drug-likeness (QED) is 0.683. The Bertz CT molecular complexity index is 1040. The summed E-state index contributed by atoms with van der Waals surface area (Å²) >= 11 is 5.97. The Balaban J connectivity index is 2.10. The van der Waals surface area contributed by atoms with Crippen molar-refractivity contribution in [3.63, 3.8) is 0 Å². The van der Waals surface area contributed by atoms with Crippen molar-refractivity contribution in [2.45, 2.75) is 26.4 Å². The molecule has 0 saturated carbocycles. The van der Waals surface area contributed by atoms with E-state index in [-0.39, 0.29) is 5.43 Å². The zero-order chi connectivity index (χ0) is 18.2. The number of amides is 1. The molecule has 0 saturated heterocycles. The Kier molecular flexibility index (Phi) is 4.35. The number of hydrogen-bond acceptors (Lipinski definition) is 4. The van der Waals surface area contributed by atoms with Crippen LogP contribution in [0.3, 0.4) is 0 Å². The summed E-state index contributed by atoms with van der Waals surface area (Å²) < 4.78 is 5.23. The molecular weight excluding hydrogens is 340 g/mol. The highest BCUT2D eigenvalue weighted by Gasteiger charge is 2.16. The van der Waals surface area contributed by atoms with Gasteiger partial charge in [-0.15, -0.1) is 0 Å². The molecule has 3 aromatic rings. The van der Waals surface area contributed by atoms with Crippen molar-refractivity contribution in [1.29, 1.82) is 0 Å². The van der Waals surface area contributed by atoms with Crippen LogP contribution in [0.25, 0.3) is 21.7 Å². The third-order valence-corrected chi connectivity index (χ3v) is 3.70. The Morgan fingerprint density at radius 1 is 1.12 bits per heavy atom. The van der Waals surface area contributed by atoms with Crippen molar-refractivity contribution in [2.24, 2.45) is 0 Å². The van der Waals surface area contributed by atoms with Gasteiger partial charge in [0.05, 0.1) is 10.5 Å². The van der Waals surface area contributed by atoms with Crippen LogP contribution in [0.5, 0.6) is 0 Å². The van der Waals surface area contributed by atoms with Crippen molar-refractivity contribution in [3.8, 4) is 0 Å². The fourth-order valence-electron chi connectivity index (χ4n) is 2.48. The predicted octanol–water partition coefficient (Wildman–Crippen LogP) is 4.75. The maximum absolute atomic E-state index is 12.9. The number of carbonyl (C=O) groups excluding carboxylic acids is 1. The van der Waals surface area contributed by atoms with E-state index in [0.29, 0.717) is 27.0 Å². The van der Waals surface area contributed by atoms with E-state index < -0.39 is 11.7 Å². The van der Waals surface area contributed by atoms with Crippen LogP contribution in [0, 0.1) is 0 Å². The maximum atomic E-state index is 12.9. The maximum Gasteiger partial charge on any atom is 0.412 e. The number of aromatic nitrogens is 1.